The van der Waals surface area contributed by atoms with E-state index in [4.69, 9.17) is 0 Å². The van der Waals surface area contributed by atoms with Gasteiger partial charge in [0.05, 0.1) is 4.90 Å². The van der Waals surface area contributed by atoms with Crippen LogP contribution in [0.1, 0.15) is 60.5 Å². The van der Waals surface area contributed by atoms with Crippen molar-refractivity contribution < 1.29 is 13.2 Å². The second kappa shape index (κ2) is 10.2. The highest BCUT2D eigenvalue weighted by Gasteiger charge is 2.26. The van der Waals surface area contributed by atoms with Crippen LogP contribution in [-0.2, 0) is 16.4 Å². The van der Waals surface area contributed by atoms with Gasteiger partial charge in [-0.2, -0.15) is 4.31 Å². The van der Waals surface area contributed by atoms with Gasteiger partial charge in [-0.05, 0) is 62.8 Å². The zero-order valence-electron chi connectivity index (χ0n) is 17.9. The molecular weight excluding hydrogens is 396 g/mol. The predicted octanol–water partition coefficient (Wildman–Crippen LogP) is 4.31. The molecule has 162 valence electrons. The lowest BCUT2D eigenvalue weighted by atomic mass is 10.0. The number of aryl methyl sites for hydroxylation is 2. The molecule has 30 heavy (non-hydrogen) atoms. The van der Waals surface area contributed by atoms with Crippen LogP contribution < -0.4 is 5.32 Å². The number of benzene rings is 2. The van der Waals surface area contributed by atoms with Gasteiger partial charge in [-0.3, -0.25) is 4.79 Å². The molecule has 0 aromatic heterocycles. The third-order valence-electron chi connectivity index (χ3n) is 5.74. The Hall–Kier alpha value is -2.18. The first-order valence-electron chi connectivity index (χ1n) is 10.8. The Balaban J connectivity index is 1.70. The number of rotatable bonds is 7. The zero-order chi connectivity index (χ0) is 21.6. The number of sulfonamides is 1. The van der Waals surface area contributed by atoms with Crippen LogP contribution in [-0.4, -0.2) is 37.8 Å². The van der Waals surface area contributed by atoms with E-state index in [1.165, 1.54) is 11.6 Å². The highest BCUT2D eigenvalue weighted by Crippen LogP contribution is 2.23. The topological polar surface area (TPSA) is 66.5 Å². The van der Waals surface area contributed by atoms with Crippen molar-refractivity contribution in [3.05, 3.63) is 65.2 Å². The maximum atomic E-state index is 13.1. The van der Waals surface area contributed by atoms with Crippen LogP contribution in [0.4, 0.5) is 0 Å². The summed E-state index contributed by atoms with van der Waals surface area (Å²) in [6.07, 6.45) is 5.60. The zero-order valence-corrected chi connectivity index (χ0v) is 18.7. The number of nitrogens with zero attached hydrogens (tertiary/aromatic N) is 1. The van der Waals surface area contributed by atoms with Crippen molar-refractivity contribution in [3.8, 4) is 0 Å². The first kappa shape index (κ1) is 22.5. The molecule has 0 saturated carbocycles. The van der Waals surface area contributed by atoms with E-state index in [9.17, 15) is 13.2 Å². The molecule has 1 aliphatic heterocycles. The van der Waals surface area contributed by atoms with Gasteiger partial charge in [0.2, 0.25) is 10.0 Å². The minimum Gasteiger partial charge on any atom is -0.350 e. The Morgan fingerprint density at radius 2 is 1.70 bits per heavy atom. The van der Waals surface area contributed by atoms with Crippen LogP contribution >= 0.6 is 0 Å². The largest absolute Gasteiger partial charge is 0.350 e. The fraction of sp³-hybridized carbons (Fsp3) is 0.458. The molecular formula is C24H32N2O3S. The van der Waals surface area contributed by atoms with E-state index in [1.807, 2.05) is 32.0 Å². The van der Waals surface area contributed by atoms with Gasteiger partial charge in [-0.1, -0.05) is 49.2 Å². The van der Waals surface area contributed by atoms with Crippen molar-refractivity contribution in [3.63, 3.8) is 0 Å². The van der Waals surface area contributed by atoms with E-state index in [2.05, 4.69) is 17.4 Å². The summed E-state index contributed by atoms with van der Waals surface area (Å²) < 4.78 is 27.8. The molecule has 1 heterocycles. The van der Waals surface area contributed by atoms with Gasteiger partial charge in [0.15, 0.2) is 0 Å². The van der Waals surface area contributed by atoms with Crippen LogP contribution in [0.2, 0.25) is 0 Å². The fourth-order valence-electron chi connectivity index (χ4n) is 3.84. The average molecular weight is 429 g/mol. The summed E-state index contributed by atoms with van der Waals surface area (Å²) in [4.78, 5) is 13.1. The normalized spacial score (nSPS) is 16.6. The van der Waals surface area contributed by atoms with E-state index >= 15 is 0 Å². The van der Waals surface area contributed by atoms with Crippen LogP contribution in [0.3, 0.4) is 0 Å². The molecule has 1 unspecified atom stereocenters. The second-order valence-corrected chi connectivity index (χ2v) is 10.1. The standard InChI is InChI=1S/C24H32N2O3S/c1-19-12-15-22(30(28,29)26-16-8-3-4-9-17-26)18-23(19)24(27)25-20(2)13-14-21-10-6-5-7-11-21/h5-7,10-12,15,18,20H,3-4,8-9,13-14,16-17H2,1-2H3,(H,25,27). The van der Waals surface area contributed by atoms with E-state index in [-0.39, 0.29) is 16.8 Å². The van der Waals surface area contributed by atoms with Crippen molar-refractivity contribution in [2.75, 3.05) is 13.1 Å². The Morgan fingerprint density at radius 1 is 1.03 bits per heavy atom. The van der Waals surface area contributed by atoms with Gasteiger partial charge in [0.25, 0.3) is 5.91 Å². The van der Waals surface area contributed by atoms with Crippen LogP contribution in [0.25, 0.3) is 0 Å². The minimum absolute atomic E-state index is 0.0111. The number of nitrogens with one attached hydrogen (secondary N) is 1. The summed E-state index contributed by atoms with van der Waals surface area (Å²) >= 11 is 0. The molecule has 2 aromatic carbocycles. The molecule has 1 saturated heterocycles. The summed E-state index contributed by atoms with van der Waals surface area (Å²) in [6.45, 7) is 4.92. The van der Waals surface area contributed by atoms with Crippen molar-refractivity contribution in [1.29, 1.82) is 0 Å². The number of carbonyl (C=O) groups excluding carboxylic acids is 1. The second-order valence-electron chi connectivity index (χ2n) is 8.19. The number of carbonyl (C=O) groups is 1. The SMILES string of the molecule is Cc1ccc(S(=O)(=O)N2CCCCCC2)cc1C(=O)NC(C)CCc1ccccc1. The molecule has 0 bridgehead atoms. The lowest BCUT2D eigenvalue weighted by Crippen LogP contribution is -2.34. The van der Waals surface area contributed by atoms with Crippen molar-refractivity contribution >= 4 is 15.9 Å². The number of amides is 1. The van der Waals surface area contributed by atoms with Gasteiger partial charge in [-0.25, -0.2) is 8.42 Å². The average Bonchev–Trinajstić information content (AvgIpc) is 3.03. The summed E-state index contributed by atoms with van der Waals surface area (Å²) in [7, 11) is -3.58. The first-order chi connectivity index (χ1) is 14.4. The molecule has 0 radical (unpaired) electrons. The van der Waals surface area contributed by atoms with Gasteiger partial charge in [-0.15, -0.1) is 0 Å². The van der Waals surface area contributed by atoms with Gasteiger partial charge >= 0.3 is 0 Å². The summed E-state index contributed by atoms with van der Waals surface area (Å²) in [5.41, 5.74) is 2.44. The van der Waals surface area contributed by atoms with Crippen LogP contribution in [0.5, 0.6) is 0 Å². The van der Waals surface area contributed by atoms with E-state index in [0.29, 0.717) is 18.7 Å². The lowest BCUT2D eigenvalue weighted by Gasteiger charge is -2.21. The molecule has 1 fully saturated rings. The van der Waals surface area contributed by atoms with Crippen LogP contribution in [0, 0.1) is 6.92 Å². The van der Waals surface area contributed by atoms with Crippen molar-refractivity contribution in [1.82, 2.24) is 9.62 Å². The molecule has 6 heteroatoms. The van der Waals surface area contributed by atoms with Crippen LogP contribution in [0.15, 0.2) is 53.4 Å². The molecule has 3 rings (SSSR count). The van der Waals surface area contributed by atoms with Crippen molar-refractivity contribution in [2.24, 2.45) is 0 Å². The lowest BCUT2D eigenvalue weighted by molar-refractivity contribution is 0.0937. The van der Waals surface area contributed by atoms with Gasteiger partial charge < -0.3 is 5.32 Å². The third kappa shape index (κ3) is 5.70. The highest BCUT2D eigenvalue weighted by molar-refractivity contribution is 7.89. The summed E-state index contributed by atoms with van der Waals surface area (Å²) in [5, 5.41) is 3.03. The monoisotopic (exact) mass is 428 g/mol. The molecule has 2 aromatic rings. The maximum absolute atomic E-state index is 13.1. The Labute approximate surface area is 180 Å². The molecule has 1 atom stereocenters. The Kier molecular flexibility index (Phi) is 7.67. The first-order valence-corrected chi connectivity index (χ1v) is 12.3. The number of hydrogen-bond donors (Lipinski definition) is 1. The molecule has 0 spiro atoms. The van der Waals surface area contributed by atoms with E-state index in [1.54, 1.807) is 16.4 Å². The van der Waals surface area contributed by atoms with Gasteiger partial charge in [0.1, 0.15) is 0 Å². The quantitative estimate of drug-likeness (QED) is 0.715. The molecule has 1 N–H and O–H groups in total. The smallest absolute Gasteiger partial charge is 0.251 e. The van der Waals surface area contributed by atoms with Crippen molar-refractivity contribution in [2.45, 2.75) is 63.3 Å². The maximum Gasteiger partial charge on any atom is 0.251 e. The highest BCUT2D eigenvalue weighted by atomic mass is 32.2. The Bertz CT molecular complexity index is 950. The minimum atomic E-state index is -3.58. The Morgan fingerprint density at radius 3 is 2.37 bits per heavy atom. The molecule has 1 aliphatic rings. The summed E-state index contributed by atoms with van der Waals surface area (Å²) in [6, 6.07) is 15.0. The van der Waals surface area contributed by atoms with E-state index in [0.717, 1.165) is 44.1 Å². The molecule has 1 amide bonds. The number of hydrogen-bond acceptors (Lipinski definition) is 3. The van der Waals surface area contributed by atoms with Gasteiger partial charge in [0, 0.05) is 24.7 Å². The third-order valence-corrected chi connectivity index (χ3v) is 7.64. The molecule has 0 aliphatic carbocycles. The predicted molar refractivity (Wildman–Crippen MR) is 120 cm³/mol. The molecule has 5 nitrogen and oxygen atoms in total. The summed E-state index contributed by atoms with van der Waals surface area (Å²) in [5.74, 6) is -0.221. The van der Waals surface area contributed by atoms with E-state index < -0.39 is 10.0 Å². The fourth-order valence-corrected chi connectivity index (χ4v) is 5.38.